The fourth-order valence-electron chi connectivity index (χ4n) is 1.09. The van der Waals surface area contributed by atoms with Gasteiger partial charge in [0.2, 0.25) is 0 Å². The van der Waals surface area contributed by atoms with Gasteiger partial charge in [-0.25, -0.2) is 0 Å². The molecule has 0 saturated heterocycles. The van der Waals surface area contributed by atoms with Gasteiger partial charge >= 0.3 is 0 Å². The summed E-state index contributed by atoms with van der Waals surface area (Å²) < 4.78 is 0. The van der Waals surface area contributed by atoms with E-state index < -0.39 is 0 Å². The van der Waals surface area contributed by atoms with Gasteiger partial charge in [-0.2, -0.15) is 0 Å². The van der Waals surface area contributed by atoms with Crippen LogP contribution in [0.2, 0.25) is 0 Å². The molecule has 2 nitrogen and oxygen atoms in total. The summed E-state index contributed by atoms with van der Waals surface area (Å²) in [5.74, 6) is 0. The molecular weight excluding hydrogens is 136 g/mol. The average Bonchev–Trinajstić information content (AvgIpc) is 1.94. The molecular formula is C9H16N2. The lowest BCUT2D eigenvalue weighted by Gasteiger charge is -2.39. The van der Waals surface area contributed by atoms with Gasteiger partial charge in [-0.3, -0.25) is 0 Å². The topological polar surface area (TPSA) is 52.0 Å². The van der Waals surface area contributed by atoms with Crippen molar-refractivity contribution in [2.24, 2.45) is 11.5 Å². The van der Waals surface area contributed by atoms with Crippen LogP contribution in [0.15, 0.2) is 17.9 Å². The monoisotopic (exact) mass is 152 g/mol. The van der Waals surface area contributed by atoms with Crippen LogP contribution in [0.1, 0.15) is 26.7 Å². The van der Waals surface area contributed by atoms with Crippen molar-refractivity contribution in [2.75, 3.05) is 0 Å². The van der Waals surface area contributed by atoms with Crippen LogP contribution in [0.3, 0.4) is 0 Å². The van der Waals surface area contributed by atoms with Gasteiger partial charge in [-0.05, 0) is 38.8 Å². The van der Waals surface area contributed by atoms with E-state index in [-0.39, 0.29) is 11.1 Å². The summed E-state index contributed by atoms with van der Waals surface area (Å²) in [4.78, 5) is 0. The second-order valence-corrected chi connectivity index (χ2v) is 3.82. The van der Waals surface area contributed by atoms with Crippen molar-refractivity contribution in [1.29, 1.82) is 0 Å². The Bertz CT molecular complexity index is 188. The third-order valence-electron chi connectivity index (χ3n) is 2.59. The summed E-state index contributed by atoms with van der Waals surface area (Å²) in [6.45, 7) is 3.98. The first-order valence-corrected chi connectivity index (χ1v) is 3.93. The molecule has 0 saturated carbocycles. The molecule has 0 radical (unpaired) electrons. The van der Waals surface area contributed by atoms with Gasteiger partial charge in [0.05, 0.1) is 0 Å². The molecule has 2 heteroatoms. The van der Waals surface area contributed by atoms with Gasteiger partial charge in [0.1, 0.15) is 0 Å². The molecule has 0 aliphatic heterocycles. The molecule has 1 aliphatic rings. The Labute approximate surface area is 68.0 Å². The van der Waals surface area contributed by atoms with E-state index in [4.69, 9.17) is 11.5 Å². The molecule has 2 atom stereocenters. The number of hydrogen-bond acceptors (Lipinski definition) is 2. The zero-order chi connectivity index (χ0) is 8.54. The zero-order valence-electron chi connectivity index (χ0n) is 7.22. The predicted molar refractivity (Wildman–Crippen MR) is 47.1 cm³/mol. The SMILES string of the molecule is CC1(N)CC=C=CCC1(C)N. The van der Waals surface area contributed by atoms with Crippen LogP contribution in [0, 0.1) is 0 Å². The van der Waals surface area contributed by atoms with E-state index >= 15 is 0 Å². The minimum absolute atomic E-state index is 0.312. The van der Waals surface area contributed by atoms with Gasteiger partial charge in [-0.1, -0.05) is 0 Å². The van der Waals surface area contributed by atoms with Gasteiger partial charge < -0.3 is 11.5 Å². The van der Waals surface area contributed by atoms with Crippen molar-refractivity contribution >= 4 is 0 Å². The average molecular weight is 152 g/mol. The number of rotatable bonds is 0. The molecule has 0 aromatic rings. The maximum atomic E-state index is 6.04. The van der Waals surface area contributed by atoms with E-state index in [9.17, 15) is 0 Å². The Kier molecular flexibility index (Phi) is 1.93. The molecule has 2 unspecified atom stereocenters. The Morgan fingerprint density at radius 1 is 1.09 bits per heavy atom. The highest BCUT2D eigenvalue weighted by Crippen LogP contribution is 2.25. The van der Waals surface area contributed by atoms with Crippen LogP contribution in [-0.2, 0) is 0 Å². The molecule has 1 rings (SSSR count). The van der Waals surface area contributed by atoms with E-state index in [2.05, 4.69) is 5.73 Å². The molecule has 0 amide bonds. The minimum Gasteiger partial charge on any atom is -0.323 e. The quantitative estimate of drug-likeness (QED) is 0.507. The van der Waals surface area contributed by atoms with Crippen LogP contribution >= 0.6 is 0 Å². The molecule has 0 spiro atoms. The summed E-state index contributed by atoms with van der Waals surface area (Å²) in [7, 11) is 0. The van der Waals surface area contributed by atoms with Crippen molar-refractivity contribution < 1.29 is 0 Å². The van der Waals surface area contributed by atoms with E-state index in [0.29, 0.717) is 0 Å². The summed E-state index contributed by atoms with van der Waals surface area (Å²) in [5.41, 5.74) is 14.5. The van der Waals surface area contributed by atoms with Crippen LogP contribution in [0.4, 0.5) is 0 Å². The molecule has 0 bridgehead atoms. The summed E-state index contributed by atoms with van der Waals surface area (Å²) >= 11 is 0. The summed E-state index contributed by atoms with van der Waals surface area (Å²) in [6.07, 6.45) is 5.52. The van der Waals surface area contributed by atoms with E-state index in [1.807, 2.05) is 26.0 Å². The van der Waals surface area contributed by atoms with Gasteiger partial charge in [0, 0.05) is 11.1 Å². The van der Waals surface area contributed by atoms with Crippen molar-refractivity contribution in [3.63, 3.8) is 0 Å². The number of hydrogen-bond donors (Lipinski definition) is 2. The summed E-state index contributed by atoms with van der Waals surface area (Å²) in [5, 5.41) is 0. The first kappa shape index (κ1) is 8.54. The molecule has 0 aromatic carbocycles. The maximum Gasteiger partial charge on any atom is 0.0349 e. The Morgan fingerprint density at radius 3 is 1.82 bits per heavy atom. The predicted octanol–water partition coefficient (Wildman–Crippen LogP) is 0.926. The maximum absolute atomic E-state index is 6.04. The third kappa shape index (κ3) is 1.54. The fourth-order valence-corrected chi connectivity index (χ4v) is 1.09. The van der Waals surface area contributed by atoms with Crippen molar-refractivity contribution in [1.82, 2.24) is 0 Å². The van der Waals surface area contributed by atoms with Gasteiger partial charge in [0.25, 0.3) is 0 Å². The minimum atomic E-state index is -0.312. The third-order valence-corrected chi connectivity index (χ3v) is 2.59. The van der Waals surface area contributed by atoms with Crippen LogP contribution < -0.4 is 11.5 Å². The van der Waals surface area contributed by atoms with Crippen molar-refractivity contribution in [2.45, 2.75) is 37.8 Å². The second kappa shape index (κ2) is 2.49. The molecule has 11 heavy (non-hydrogen) atoms. The first-order valence-electron chi connectivity index (χ1n) is 3.93. The van der Waals surface area contributed by atoms with Crippen molar-refractivity contribution in [3.05, 3.63) is 17.9 Å². The van der Waals surface area contributed by atoms with Crippen LogP contribution in [-0.4, -0.2) is 11.1 Å². The van der Waals surface area contributed by atoms with Gasteiger partial charge in [0.15, 0.2) is 0 Å². The highest BCUT2D eigenvalue weighted by molar-refractivity contribution is 5.11. The molecule has 0 heterocycles. The first-order chi connectivity index (χ1) is 4.96. The highest BCUT2D eigenvalue weighted by Gasteiger charge is 2.36. The lowest BCUT2D eigenvalue weighted by atomic mass is 9.77. The molecule has 62 valence electrons. The lowest BCUT2D eigenvalue weighted by Crippen LogP contribution is -2.61. The largest absolute Gasteiger partial charge is 0.323 e. The molecule has 0 aromatic heterocycles. The number of nitrogens with two attached hydrogens (primary N) is 2. The molecule has 4 N–H and O–H groups in total. The zero-order valence-corrected chi connectivity index (χ0v) is 7.22. The Balaban J connectivity index is 2.89. The van der Waals surface area contributed by atoms with Crippen LogP contribution in [0.25, 0.3) is 0 Å². The highest BCUT2D eigenvalue weighted by atomic mass is 14.9. The van der Waals surface area contributed by atoms with E-state index in [1.165, 1.54) is 0 Å². The Hall–Kier alpha value is -0.560. The van der Waals surface area contributed by atoms with Crippen molar-refractivity contribution in [3.8, 4) is 0 Å². The summed E-state index contributed by atoms with van der Waals surface area (Å²) in [6, 6.07) is 0. The fraction of sp³-hybridized carbons (Fsp3) is 0.667. The standard InChI is InChI=1S/C9H16N2/c1-8(10)6-4-3-5-7-9(8,2)11/h4-5H,6-7,10-11H2,1-2H3. The van der Waals surface area contributed by atoms with E-state index in [0.717, 1.165) is 12.8 Å². The second-order valence-electron chi connectivity index (χ2n) is 3.82. The molecule has 1 aliphatic carbocycles. The van der Waals surface area contributed by atoms with Gasteiger partial charge in [-0.15, -0.1) is 5.73 Å². The smallest absolute Gasteiger partial charge is 0.0349 e. The van der Waals surface area contributed by atoms with E-state index in [1.54, 1.807) is 0 Å². The lowest BCUT2D eigenvalue weighted by molar-refractivity contribution is 0.267. The Morgan fingerprint density at radius 2 is 1.45 bits per heavy atom. The normalized spacial score (nSPS) is 44.0. The molecule has 0 fully saturated rings. The van der Waals surface area contributed by atoms with Crippen LogP contribution in [0.5, 0.6) is 0 Å².